The molecule has 0 saturated heterocycles. The summed E-state index contributed by atoms with van der Waals surface area (Å²) in [5, 5.41) is 0. The predicted octanol–water partition coefficient (Wildman–Crippen LogP) is 12.2. The van der Waals surface area contributed by atoms with Crippen molar-refractivity contribution in [2.24, 2.45) is 5.92 Å². The highest BCUT2D eigenvalue weighted by Crippen LogP contribution is 2.14. The van der Waals surface area contributed by atoms with E-state index in [1.165, 1.54) is 109 Å². The van der Waals surface area contributed by atoms with E-state index >= 15 is 0 Å². The van der Waals surface area contributed by atoms with Gasteiger partial charge in [0.15, 0.2) is 0 Å². The molecule has 0 amide bonds. The van der Waals surface area contributed by atoms with Crippen molar-refractivity contribution in [3.05, 3.63) is 36.5 Å². The van der Waals surface area contributed by atoms with Crippen LogP contribution >= 0.6 is 0 Å². The number of carbonyl (C=O) groups excluding carboxylic acids is 1. The van der Waals surface area contributed by atoms with E-state index in [2.05, 4.69) is 57.2 Å². The van der Waals surface area contributed by atoms with Gasteiger partial charge in [-0.15, -0.1) is 0 Å². The highest BCUT2D eigenvalue weighted by molar-refractivity contribution is 5.69. The van der Waals surface area contributed by atoms with E-state index in [0.717, 1.165) is 44.4 Å². The minimum Gasteiger partial charge on any atom is -0.466 e. The van der Waals surface area contributed by atoms with Crippen molar-refractivity contribution in [2.45, 2.75) is 175 Å². The zero-order valence-corrected chi connectivity index (χ0v) is 26.0. The zero-order valence-electron chi connectivity index (χ0n) is 26.0. The Labute approximate surface area is 239 Å². The summed E-state index contributed by atoms with van der Waals surface area (Å²) in [7, 11) is 0. The third-order valence-electron chi connectivity index (χ3n) is 7.22. The summed E-state index contributed by atoms with van der Waals surface area (Å²) in [4.78, 5) is 11.9. The summed E-state index contributed by atoms with van der Waals surface area (Å²) >= 11 is 0. The van der Waals surface area contributed by atoms with Gasteiger partial charge in [-0.25, -0.2) is 0 Å². The summed E-state index contributed by atoms with van der Waals surface area (Å²) in [6, 6.07) is 0. The maximum atomic E-state index is 11.9. The van der Waals surface area contributed by atoms with Gasteiger partial charge in [0.2, 0.25) is 0 Å². The lowest BCUT2D eigenvalue weighted by atomic mass is 10.0. The van der Waals surface area contributed by atoms with Crippen LogP contribution in [0.15, 0.2) is 36.5 Å². The first-order chi connectivity index (χ1) is 18.7. The van der Waals surface area contributed by atoms with Gasteiger partial charge in [0.25, 0.3) is 0 Å². The summed E-state index contributed by atoms with van der Waals surface area (Å²) in [5.41, 5.74) is 0. The largest absolute Gasteiger partial charge is 0.466 e. The highest BCUT2D eigenvalue weighted by Gasteiger charge is 2.02. The van der Waals surface area contributed by atoms with Crippen LogP contribution in [0.1, 0.15) is 175 Å². The maximum Gasteiger partial charge on any atom is 0.305 e. The molecule has 0 spiro atoms. The van der Waals surface area contributed by atoms with Gasteiger partial charge in [-0.2, -0.15) is 0 Å². The van der Waals surface area contributed by atoms with E-state index in [1.807, 2.05) is 0 Å². The molecule has 0 fully saturated rings. The fraction of sp³-hybridized carbons (Fsp3) is 0.806. The number of hydrogen-bond acceptors (Lipinski definition) is 2. The fourth-order valence-electron chi connectivity index (χ4n) is 4.75. The van der Waals surface area contributed by atoms with Crippen molar-refractivity contribution in [1.82, 2.24) is 0 Å². The SMILES string of the molecule is CCC=CCC=CCC=CCCCCCCCC(=O)OCCCCCCCCCCCCCCCC(C)C. The Balaban J connectivity index is 3.24. The highest BCUT2D eigenvalue weighted by atomic mass is 16.5. The summed E-state index contributed by atoms with van der Waals surface area (Å²) in [6.07, 6.45) is 43.4. The van der Waals surface area contributed by atoms with Crippen LogP contribution in [0.4, 0.5) is 0 Å². The summed E-state index contributed by atoms with van der Waals surface area (Å²) in [6.45, 7) is 7.44. The molecule has 0 radical (unpaired) electrons. The number of esters is 1. The third kappa shape index (κ3) is 32.7. The van der Waals surface area contributed by atoms with Gasteiger partial charge < -0.3 is 4.74 Å². The molecule has 0 aliphatic heterocycles. The molecule has 0 aliphatic rings. The van der Waals surface area contributed by atoms with Crippen molar-refractivity contribution in [2.75, 3.05) is 6.61 Å². The minimum absolute atomic E-state index is 0.00564. The van der Waals surface area contributed by atoms with Crippen LogP contribution < -0.4 is 0 Å². The van der Waals surface area contributed by atoms with E-state index in [9.17, 15) is 4.79 Å². The lowest BCUT2D eigenvalue weighted by molar-refractivity contribution is -0.143. The van der Waals surface area contributed by atoms with Crippen LogP contribution in [0.2, 0.25) is 0 Å². The van der Waals surface area contributed by atoms with E-state index in [-0.39, 0.29) is 5.97 Å². The van der Waals surface area contributed by atoms with E-state index in [1.54, 1.807) is 0 Å². The molecule has 222 valence electrons. The topological polar surface area (TPSA) is 26.3 Å². The number of carbonyl (C=O) groups is 1. The minimum atomic E-state index is 0.00564. The maximum absolute atomic E-state index is 11.9. The Kier molecular flexibility index (Phi) is 30.8. The molecule has 0 rings (SSSR count). The molecule has 0 unspecified atom stereocenters. The summed E-state index contributed by atoms with van der Waals surface area (Å²) < 4.78 is 5.42. The molecule has 38 heavy (non-hydrogen) atoms. The second kappa shape index (κ2) is 31.9. The van der Waals surface area contributed by atoms with Crippen LogP contribution in [0.25, 0.3) is 0 Å². The van der Waals surface area contributed by atoms with Gasteiger partial charge >= 0.3 is 5.97 Å². The monoisotopic (exact) mass is 531 g/mol. The lowest BCUT2D eigenvalue weighted by Crippen LogP contribution is -2.05. The standard InChI is InChI=1S/C36H66O2/c1-4-5-6-7-8-9-10-11-12-15-18-21-24-27-30-33-36(37)38-34-31-28-25-22-19-16-13-14-17-20-23-26-29-32-35(2)3/h5-6,8-9,11-12,35H,4,7,10,13-34H2,1-3H3. The molecule has 0 heterocycles. The van der Waals surface area contributed by atoms with Gasteiger partial charge in [-0.3, -0.25) is 4.79 Å². The molecular weight excluding hydrogens is 464 g/mol. The van der Waals surface area contributed by atoms with Crippen molar-refractivity contribution in [3.63, 3.8) is 0 Å². The number of ether oxygens (including phenoxy) is 1. The average molecular weight is 531 g/mol. The van der Waals surface area contributed by atoms with Crippen LogP contribution in [0.3, 0.4) is 0 Å². The number of hydrogen-bond donors (Lipinski definition) is 0. The van der Waals surface area contributed by atoms with Gasteiger partial charge in [-0.1, -0.05) is 160 Å². The number of rotatable bonds is 29. The van der Waals surface area contributed by atoms with Gasteiger partial charge in [0.1, 0.15) is 0 Å². The zero-order chi connectivity index (χ0) is 27.8. The Bertz CT molecular complexity index is 558. The van der Waals surface area contributed by atoms with Crippen LogP contribution in [0.5, 0.6) is 0 Å². The van der Waals surface area contributed by atoms with Crippen LogP contribution in [0, 0.1) is 5.92 Å². The van der Waals surface area contributed by atoms with Gasteiger partial charge in [-0.05, 0) is 50.9 Å². The molecule has 0 aromatic heterocycles. The lowest BCUT2D eigenvalue weighted by Gasteiger charge is -2.06. The van der Waals surface area contributed by atoms with Crippen molar-refractivity contribution in [1.29, 1.82) is 0 Å². The molecule has 0 atom stereocenters. The Morgan fingerprint density at radius 2 is 1.00 bits per heavy atom. The smallest absolute Gasteiger partial charge is 0.305 e. The number of allylic oxidation sites excluding steroid dienone is 6. The quantitative estimate of drug-likeness (QED) is 0.0546. The molecule has 2 heteroatoms. The summed E-state index contributed by atoms with van der Waals surface area (Å²) in [5.74, 6) is 0.876. The predicted molar refractivity (Wildman–Crippen MR) is 170 cm³/mol. The van der Waals surface area contributed by atoms with Crippen LogP contribution in [-0.4, -0.2) is 12.6 Å². The van der Waals surface area contributed by atoms with E-state index < -0.39 is 0 Å². The van der Waals surface area contributed by atoms with Gasteiger partial charge in [0.05, 0.1) is 6.61 Å². The Morgan fingerprint density at radius 1 is 0.553 bits per heavy atom. The molecule has 0 aromatic carbocycles. The first kappa shape index (κ1) is 36.7. The van der Waals surface area contributed by atoms with E-state index in [4.69, 9.17) is 4.74 Å². The van der Waals surface area contributed by atoms with Crippen molar-refractivity contribution < 1.29 is 9.53 Å². The first-order valence-corrected chi connectivity index (χ1v) is 16.8. The molecule has 0 bridgehead atoms. The Hall–Kier alpha value is -1.31. The Morgan fingerprint density at radius 3 is 1.55 bits per heavy atom. The molecular formula is C36H66O2. The third-order valence-corrected chi connectivity index (χ3v) is 7.22. The molecule has 0 saturated carbocycles. The van der Waals surface area contributed by atoms with Gasteiger partial charge in [0, 0.05) is 6.42 Å². The van der Waals surface area contributed by atoms with E-state index in [0.29, 0.717) is 13.0 Å². The van der Waals surface area contributed by atoms with Crippen LogP contribution in [-0.2, 0) is 9.53 Å². The molecule has 0 N–H and O–H groups in total. The normalized spacial score (nSPS) is 12.1. The second-order valence-electron chi connectivity index (χ2n) is 11.6. The number of unbranched alkanes of at least 4 members (excludes halogenated alkanes) is 17. The first-order valence-electron chi connectivity index (χ1n) is 16.8. The average Bonchev–Trinajstić information content (AvgIpc) is 2.90. The second-order valence-corrected chi connectivity index (χ2v) is 11.6. The van der Waals surface area contributed by atoms with Crippen molar-refractivity contribution in [3.8, 4) is 0 Å². The molecule has 0 aliphatic carbocycles. The molecule has 0 aromatic rings. The molecule has 2 nitrogen and oxygen atoms in total. The van der Waals surface area contributed by atoms with Crippen molar-refractivity contribution >= 4 is 5.97 Å². The fourth-order valence-corrected chi connectivity index (χ4v) is 4.75.